The van der Waals surface area contributed by atoms with Crippen LogP contribution in [0.15, 0.2) is 18.2 Å². The van der Waals surface area contributed by atoms with E-state index in [4.69, 9.17) is 0 Å². The predicted molar refractivity (Wildman–Crippen MR) is 71.7 cm³/mol. The van der Waals surface area contributed by atoms with E-state index in [1.54, 1.807) is 12.1 Å². The van der Waals surface area contributed by atoms with Crippen LogP contribution in [0, 0.1) is 18.2 Å². The average Bonchev–Trinajstić information content (AvgIpc) is 2.29. The lowest BCUT2D eigenvalue weighted by molar-refractivity contribution is 0.306. The molecule has 0 saturated heterocycles. The molecule has 0 nitrogen and oxygen atoms in total. The van der Waals surface area contributed by atoms with E-state index < -0.39 is 0 Å². The van der Waals surface area contributed by atoms with Crippen LogP contribution in [0.5, 0.6) is 0 Å². The molecule has 1 aromatic carbocycles. The molecule has 0 spiro atoms. The number of benzene rings is 1. The maximum atomic E-state index is 13.0. The van der Waals surface area contributed by atoms with Gasteiger partial charge in [0, 0.05) is 5.33 Å². The quantitative estimate of drug-likeness (QED) is 0.677. The molecule has 0 unspecified atom stereocenters. The molecular weight excluding hydrogens is 267 g/mol. The van der Waals surface area contributed by atoms with Gasteiger partial charge < -0.3 is 0 Å². The standard InChI is InChI=1S/C14H20BrF/c1-4-14(5-2,10-15)9-12-6-7-13(16)8-11(12)3/h6-8H,4-5,9-10H2,1-3H3. The molecule has 0 amide bonds. The third-order valence-electron chi connectivity index (χ3n) is 3.65. The summed E-state index contributed by atoms with van der Waals surface area (Å²) in [7, 11) is 0. The molecule has 1 rings (SSSR count). The summed E-state index contributed by atoms with van der Waals surface area (Å²) in [4.78, 5) is 0. The van der Waals surface area contributed by atoms with Gasteiger partial charge in [-0.15, -0.1) is 0 Å². The largest absolute Gasteiger partial charge is 0.207 e. The average molecular weight is 287 g/mol. The Morgan fingerprint density at radius 2 is 1.88 bits per heavy atom. The zero-order chi connectivity index (χ0) is 12.2. The number of hydrogen-bond donors (Lipinski definition) is 0. The predicted octanol–water partition coefficient (Wildman–Crippen LogP) is 4.88. The van der Waals surface area contributed by atoms with Crippen LogP contribution in [-0.2, 0) is 6.42 Å². The van der Waals surface area contributed by atoms with Crippen LogP contribution in [0.1, 0.15) is 37.8 Å². The van der Waals surface area contributed by atoms with E-state index in [1.165, 1.54) is 5.56 Å². The summed E-state index contributed by atoms with van der Waals surface area (Å²) in [5, 5.41) is 1.00. The molecular formula is C14H20BrF. The summed E-state index contributed by atoms with van der Waals surface area (Å²) < 4.78 is 13.0. The van der Waals surface area contributed by atoms with Gasteiger partial charge in [0.05, 0.1) is 0 Å². The normalized spacial score (nSPS) is 11.8. The number of hydrogen-bond acceptors (Lipinski definition) is 0. The number of alkyl halides is 1. The molecule has 0 bridgehead atoms. The Hall–Kier alpha value is -0.370. The van der Waals surface area contributed by atoms with Crippen molar-refractivity contribution in [3.8, 4) is 0 Å². The minimum absolute atomic E-state index is 0.140. The molecule has 0 aliphatic rings. The van der Waals surface area contributed by atoms with Crippen molar-refractivity contribution in [2.24, 2.45) is 5.41 Å². The van der Waals surface area contributed by atoms with Crippen molar-refractivity contribution < 1.29 is 4.39 Å². The fourth-order valence-corrected chi connectivity index (χ4v) is 2.99. The van der Waals surface area contributed by atoms with Crippen LogP contribution in [0.3, 0.4) is 0 Å². The second-order valence-corrected chi connectivity index (χ2v) is 5.15. The summed E-state index contributed by atoms with van der Waals surface area (Å²) in [6.07, 6.45) is 3.31. The summed E-state index contributed by atoms with van der Waals surface area (Å²) in [6.45, 7) is 6.44. The molecule has 16 heavy (non-hydrogen) atoms. The lowest BCUT2D eigenvalue weighted by atomic mass is 9.78. The fraction of sp³-hybridized carbons (Fsp3) is 0.571. The Balaban J connectivity index is 2.93. The molecule has 90 valence electrons. The first-order valence-corrected chi connectivity index (χ1v) is 7.00. The minimum Gasteiger partial charge on any atom is -0.207 e. The third kappa shape index (κ3) is 3.07. The molecule has 0 radical (unpaired) electrons. The van der Waals surface area contributed by atoms with E-state index in [9.17, 15) is 4.39 Å². The number of rotatable bonds is 5. The van der Waals surface area contributed by atoms with Crippen LogP contribution in [0.2, 0.25) is 0 Å². The van der Waals surface area contributed by atoms with E-state index in [0.29, 0.717) is 5.41 Å². The second kappa shape index (κ2) is 5.81. The van der Waals surface area contributed by atoms with E-state index in [-0.39, 0.29) is 5.82 Å². The van der Waals surface area contributed by atoms with Gasteiger partial charge in [-0.1, -0.05) is 35.8 Å². The summed E-state index contributed by atoms with van der Waals surface area (Å²) in [6, 6.07) is 5.11. The van der Waals surface area contributed by atoms with Gasteiger partial charge in [0.25, 0.3) is 0 Å². The van der Waals surface area contributed by atoms with Gasteiger partial charge in [-0.2, -0.15) is 0 Å². The Morgan fingerprint density at radius 3 is 2.31 bits per heavy atom. The molecule has 0 N–H and O–H groups in total. The zero-order valence-corrected chi connectivity index (χ0v) is 11.9. The highest BCUT2D eigenvalue weighted by Gasteiger charge is 2.25. The van der Waals surface area contributed by atoms with Gasteiger partial charge in [0.1, 0.15) is 5.82 Å². The van der Waals surface area contributed by atoms with Gasteiger partial charge in [-0.05, 0) is 54.9 Å². The van der Waals surface area contributed by atoms with Crippen LogP contribution in [0.4, 0.5) is 4.39 Å². The van der Waals surface area contributed by atoms with Crippen molar-refractivity contribution in [1.29, 1.82) is 0 Å². The van der Waals surface area contributed by atoms with Gasteiger partial charge in [-0.25, -0.2) is 4.39 Å². The van der Waals surface area contributed by atoms with E-state index in [0.717, 1.165) is 30.2 Å². The first-order valence-electron chi connectivity index (χ1n) is 5.88. The highest BCUT2D eigenvalue weighted by Crippen LogP contribution is 2.33. The lowest BCUT2D eigenvalue weighted by Gasteiger charge is -2.30. The molecule has 1 aromatic rings. The Kier molecular flexibility index (Phi) is 4.97. The molecule has 0 saturated carbocycles. The minimum atomic E-state index is -0.140. The van der Waals surface area contributed by atoms with Crippen LogP contribution >= 0.6 is 15.9 Å². The Labute approximate surface area is 106 Å². The van der Waals surface area contributed by atoms with Gasteiger partial charge in [0.2, 0.25) is 0 Å². The van der Waals surface area contributed by atoms with Gasteiger partial charge >= 0.3 is 0 Å². The second-order valence-electron chi connectivity index (χ2n) is 4.59. The highest BCUT2D eigenvalue weighted by molar-refractivity contribution is 9.09. The van der Waals surface area contributed by atoms with Crippen molar-refractivity contribution in [2.45, 2.75) is 40.0 Å². The van der Waals surface area contributed by atoms with Gasteiger partial charge in [0.15, 0.2) is 0 Å². The monoisotopic (exact) mass is 286 g/mol. The highest BCUT2D eigenvalue weighted by atomic mass is 79.9. The van der Waals surface area contributed by atoms with Crippen LogP contribution < -0.4 is 0 Å². The Bertz CT molecular complexity index is 334. The van der Waals surface area contributed by atoms with Crippen molar-refractivity contribution in [3.63, 3.8) is 0 Å². The van der Waals surface area contributed by atoms with Crippen LogP contribution in [-0.4, -0.2) is 5.33 Å². The van der Waals surface area contributed by atoms with Gasteiger partial charge in [-0.3, -0.25) is 0 Å². The number of aryl methyl sites for hydroxylation is 1. The smallest absolute Gasteiger partial charge is 0.123 e. The lowest BCUT2D eigenvalue weighted by Crippen LogP contribution is -2.24. The zero-order valence-electron chi connectivity index (χ0n) is 10.3. The van der Waals surface area contributed by atoms with Crippen molar-refractivity contribution in [2.75, 3.05) is 5.33 Å². The molecule has 0 heterocycles. The summed E-state index contributed by atoms with van der Waals surface area (Å²) >= 11 is 3.62. The Morgan fingerprint density at radius 1 is 1.25 bits per heavy atom. The molecule has 0 aromatic heterocycles. The summed E-state index contributed by atoms with van der Waals surface area (Å²) in [5.41, 5.74) is 2.64. The molecule has 0 aliphatic heterocycles. The fourth-order valence-electron chi connectivity index (χ4n) is 2.00. The molecule has 0 atom stereocenters. The van der Waals surface area contributed by atoms with E-state index in [2.05, 4.69) is 29.8 Å². The first-order chi connectivity index (χ1) is 7.56. The maximum Gasteiger partial charge on any atom is 0.123 e. The molecule has 2 heteroatoms. The van der Waals surface area contributed by atoms with E-state index in [1.807, 2.05) is 13.0 Å². The third-order valence-corrected chi connectivity index (χ3v) is 4.84. The number of halogens is 2. The SMILES string of the molecule is CCC(CC)(CBr)Cc1ccc(F)cc1C. The van der Waals surface area contributed by atoms with Crippen molar-refractivity contribution in [3.05, 3.63) is 35.1 Å². The topological polar surface area (TPSA) is 0 Å². The maximum absolute atomic E-state index is 13.0. The molecule has 0 aliphatic carbocycles. The molecule has 0 fully saturated rings. The van der Waals surface area contributed by atoms with Crippen molar-refractivity contribution >= 4 is 15.9 Å². The van der Waals surface area contributed by atoms with E-state index >= 15 is 0 Å². The summed E-state index contributed by atoms with van der Waals surface area (Å²) in [5.74, 6) is -0.140. The van der Waals surface area contributed by atoms with Crippen LogP contribution in [0.25, 0.3) is 0 Å². The first kappa shape index (κ1) is 13.7. The van der Waals surface area contributed by atoms with Crippen molar-refractivity contribution in [1.82, 2.24) is 0 Å².